The number of hydrogen-bond acceptors (Lipinski definition) is 2. The summed E-state index contributed by atoms with van der Waals surface area (Å²) in [5.74, 6) is -0.679. The minimum Gasteiger partial charge on any atom is -0.267 e. The van der Waals surface area contributed by atoms with Crippen LogP contribution in [-0.4, -0.2) is 23.2 Å². The normalized spacial score (nSPS) is 14.2. The van der Waals surface area contributed by atoms with E-state index in [2.05, 4.69) is 5.10 Å². The molecule has 1 heterocycles. The van der Waals surface area contributed by atoms with Gasteiger partial charge in [0.15, 0.2) is 0 Å². The van der Waals surface area contributed by atoms with Gasteiger partial charge < -0.3 is 0 Å². The van der Waals surface area contributed by atoms with Crippen molar-refractivity contribution in [2.75, 3.05) is 6.54 Å². The molecule has 106 valence electrons. The monoisotopic (exact) mass is 282 g/mol. The second-order valence-corrected chi connectivity index (χ2v) is 5.05. The van der Waals surface area contributed by atoms with Gasteiger partial charge in [0.2, 0.25) is 0 Å². The Morgan fingerprint density at radius 3 is 2.76 bits per heavy atom. The lowest BCUT2D eigenvalue weighted by atomic mass is 10.0. The Bertz CT molecular complexity index is 724. The molecule has 4 heteroatoms. The molecule has 0 N–H and O–H groups in total. The lowest BCUT2D eigenvalue weighted by Gasteiger charge is -2.11. The lowest BCUT2D eigenvalue weighted by Crippen LogP contribution is -2.23. The first-order chi connectivity index (χ1) is 10.1. The number of benzene rings is 2. The summed E-state index contributed by atoms with van der Waals surface area (Å²) in [5, 5.41) is 5.82. The smallest absolute Gasteiger partial charge is 0.267 e. The van der Waals surface area contributed by atoms with E-state index in [0.717, 1.165) is 16.8 Å². The van der Waals surface area contributed by atoms with Crippen LogP contribution in [0, 0.1) is 12.7 Å². The molecule has 0 bridgehead atoms. The number of amides is 1. The van der Waals surface area contributed by atoms with Gasteiger partial charge in [-0.25, -0.2) is 9.40 Å². The molecule has 1 aliphatic rings. The summed E-state index contributed by atoms with van der Waals surface area (Å²) >= 11 is 0. The van der Waals surface area contributed by atoms with Crippen LogP contribution in [0.3, 0.4) is 0 Å². The summed E-state index contributed by atoms with van der Waals surface area (Å²) < 4.78 is 13.2. The Kier molecular flexibility index (Phi) is 3.52. The van der Waals surface area contributed by atoms with Crippen molar-refractivity contribution in [2.24, 2.45) is 5.10 Å². The van der Waals surface area contributed by atoms with Crippen molar-refractivity contribution in [1.82, 2.24) is 5.01 Å². The number of carbonyl (C=O) groups excluding carboxylic acids is 1. The molecule has 3 nitrogen and oxygen atoms in total. The van der Waals surface area contributed by atoms with Crippen molar-refractivity contribution in [3.05, 3.63) is 71.0 Å². The average molecular weight is 282 g/mol. The molecule has 2 aromatic rings. The van der Waals surface area contributed by atoms with Crippen LogP contribution in [0.15, 0.2) is 53.6 Å². The molecule has 3 rings (SSSR count). The van der Waals surface area contributed by atoms with E-state index in [1.807, 2.05) is 31.2 Å². The maximum atomic E-state index is 13.2. The van der Waals surface area contributed by atoms with Crippen molar-refractivity contribution >= 4 is 11.6 Å². The predicted octanol–water partition coefficient (Wildman–Crippen LogP) is 3.38. The molecular formula is C17H15FN2O. The summed E-state index contributed by atoms with van der Waals surface area (Å²) in [4.78, 5) is 12.3. The third kappa shape index (κ3) is 2.70. The molecule has 1 amide bonds. The van der Waals surface area contributed by atoms with E-state index in [9.17, 15) is 9.18 Å². The van der Waals surface area contributed by atoms with E-state index < -0.39 is 5.82 Å². The number of hydrogen-bond donors (Lipinski definition) is 0. The molecule has 0 saturated heterocycles. The van der Waals surface area contributed by atoms with Gasteiger partial charge in [-0.05, 0) is 30.7 Å². The van der Waals surface area contributed by atoms with Gasteiger partial charge in [-0.1, -0.05) is 30.3 Å². The highest BCUT2D eigenvalue weighted by atomic mass is 19.1. The van der Waals surface area contributed by atoms with Gasteiger partial charge in [0.1, 0.15) is 5.82 Å². The first-order valence-corrected chi connectivity index (χ1v) is 6.86. The van der Waals surface area contributed by atoms with Crippen LogP contribution < -0.4 is 0 Å². The highest BCUT2D eigenvalue weighted by molar-refractivity contribution is 6.05. The molecule has 0 atom stereocenters. The van der Waals surface area contributed by atoms with Crippen LogP contribution in [0.1, 0.15) is 27.9 Å². The van der Waals surface area contributed by atoms with E-state index in [1.54, 1.807) is 6.07 Å². The fourth-order valence-corrected chi connectivity index (χ4v) is 2.46. The van der Waals surface area contributed by atoms with Crippen molar-refractivity contribution < 1.29 is 9.18 Å². The van der Waals surface area contributed by atoms with E-state index in [4.69, 9.17) is 0 Å². The summed E-state index contributed by atoms with van der Waals surface area (Å²) in [6.07, 6.45) is 0.714. The molecule has 0 unspecified atom stereocenters. The number of halogens is 1. The van der Waals surface area contributed by atoms with Crippen molar-refractivity contribution in [3.63, 3.8) is 0 Å². The van der Waals surface area contributed by atoms with Crippen LogP contribution in [-0.2, 0) is 0 Å². The largest absolute Gasteiger partial charge is 0.274 e. The standard InChI is InChI=1S/C17H15FN2O/c1-12-5-2-3-8-15(12)16-9-10-20(19-16)17(21)13-6-4-7-14(18)11-13/h2-8,11H,9-10H2,1H3. The molecule has 0 saturated carbocycles. The second kappa shape index (κ2) is 5.48. The van der Waals surface area contributed by atoms with Gasteiger partial charge >= 0.3 is 0 Å². The van der Waals surface area contributed by atoms with Crippen LogP contribution >= 0.6 is 0 Å². The van der Waals surface area contributed by atoms with Crippen molar-refractivity contribution in [2.45, 2.75) is 13.3 Å². The first kappa shape index (κ1) is 13.5. The maximum absolute atomic E-state index is 13.2. The van der Waals surface area contributed by atoms with Gasteiger partial charge in [-0.3, -0.25) is 4.79 Å². The molecule has 21 heavy (non-hydrogen) atoms. The van der Waals surface area contributed by atoms with Crippen molar-refractivity contribution in [3.8, 4) is 0 Å². The van der Waals surface area contributed by atoms with E-state index in [1.165, 1.54) is 23.2 Å². The zero-order chi connectivity index (χ0) is 14.8. The Labute approximate surface area is 122 Å². The van der Waals surface area contributed by atoms with E-state index >= 15 is 0 Å². The minimum atomic E-state index is -0.414. The number of hydrazone groups is 1. The van der Waals surface area contributed by atoms with E-state index in [-0.39, 0.29) is 5.91 Å². The van der Waals surface area contributed by atoms with Gasteiger partial charge in [0.05, 0.1) is 12.3 Å². The molecule has 0 fully saturated rings. The summed E-state index contributed by atoms with van der Waals surface area (Å²) in [5.41, 5.74) is 3.42. The highest BCUT2D eigenvalue weighted by Gasteiger charge is 2.23. The number of aryl methyl sites for hydroxylation is 1. The Balaban J connectivity index is 1.86. The quantitative estimate of drug-likeness (QED) is 0.831. The Hall–Kier alpha value is -2.49. The second-order valence-electron chi connectivity index (χ2n) is 5.05. The van der Waals surface area contributed by atoms with Gasteiger partial charge in [0.25, 0.3) is 5.91 Å². The maximum Gasteiger partial charge on any atom is 0.274 e. The van der Waals surface area contributed by atoms with Crippen LogP contribution in [0.2, 0.25) is 0 Å². The summed E-state index contributed by atoms with van der Waals surface area (Å²) in [7, 11) is 0. The first-order valence-electron chi connectivity index (χ1n) is 6.86. The molecule has 0 spiro atoms. The molecule has 0 aromatic heterocycles. The molecule has 0 aliphatic carbocycles. The lowest BCUT2D eigenvalue weighted by molar-refractivity contribution is 0.0778. The van der Waals surface area contributed by atoms with Gasteiger partial charge in [-0.2, -0.15) is 5.10 Å². The van der Waals surface area contributed by atoms with Gasteiger partial charge in [0, 0.05) is 17.5 Å². The number of carbonyl (C=O) groups is 1. The zero-order valence-corrected chi connectivity index (χ0v) is 11.7. The predicted molar refractivity (Wildman–Crippen MR) is 79.8 cm³/mol. The summed E-state index contributed by atoms with van der Waals surface area (Å²) in [6.45, 7) is 2.55. The Morgan fingerprint density at radius 2 is 2.00 bits per heavy atom. The van der Waals surface area contributed by atoms with Crippen LogP contribution in [0.4, 0.5) is 4.39 Å². The topological polar surface area (TPSA) is 32.7 Å². The van der Waals surface area contributed by atoms with E-state index in [0.29, 0.717) is 18.5 Å². The molecular weight excluding hydrogens is 267 g/mol. The number of rotatable bonds is 2. The fraction of sp³-hybridized carbons (Fsp3) is 0.176. The fourth-order valence-electron chi connectivity index (χ4n) is 2.46. The third-order valence-corrected chi connectivity index (χ3v) is 3.56. The SMILES string of the molecule is Cc1ccccc1C1=NN(C(=O)c2cccc(F)c2)CC1. The van der Waals surface area contributed by atoms with Crippen molar-refractivity contribution in [1.29, 1.82) is 0 Å². The molecule has 1 aliphatic heterocycles. The van der Waals surface area contributed by atoms with Crippen LogP contribution in [0.25, 0.3) is 0 Å². The molecule has 0 radical (unpaired) electrons. The Morgan fingerprint density at radius 1 is 1.19 bits per heavy atom. The van der Waals surface area contributed by atoms with Crippen LogP contribution in [0.5, 0.6) is 0 Å². The third-order valence-electron chi connectivity index (χ3n) is 3.56. The zero-order valence-electron chi connectivity index (χ0n) is 11.7. The highest BCUT2D eigenvalue weighted by Crippen LogP contribution is 2.19. The van der Waals surface area contributed by atoms with Gasteiger partial charge in [-0.15, -0.1) is 0 Å². The number of nitrogens with zero attached hydrogens (tertiary/aromatic N) is 2. The minimum absolute atomic E-state index is 0.266. The molecule has 2 aromatic carbocycles. The average Bonchev–Trinajstić information content (AvgIpc) is 2.96. The summed E-state index contributed by atoms with van der Waals surface area (Å²) in [6, 6.07) is 13.7.